The standard InChI is InChI=1S/C18H10Br2/c19-12-6-8-13-11(9-12)5-7-15-14-3-1-2-4-16(14)18(20)10-17(13)15/h1-10H. The molecule has 0 fully saturated rings. The molecule has 0 saturated heterocycles. The van der Waals surface area contributed by atoms with Gasteiger partial charge in [0.05, 0.1) is 0 Å². The van der Waals surface area contributed by atoms with E-state index in [1.165, 1.54) is 32.3 Å². The molecule has 0 aliphatic rings. The summed E-state index contributed by atoms with van der Waals surface area (Å²) in [5.41, 5.74) is 0. The Bertz CT molecular complexity index is 971. The van der Waals surface area contributed by atoms with Crippen LogP contribution in [0.5, 0.6) is 0 Å². The van der Waals surface area contributed by atoms with Gasteiger partial charge < -0.3 is 0 Å². The number of fused-ring (bicyclic) bond motifs is 5. The van der Waals surface area contributed by atoms with Crippen molar-refractivity contribution in [2.75, 3.05) is 0 Å². The normalized spacial score (nSPS) is 11.5. The van der Waals surface area contributed by atoms with Crippen molar-refractivity contribution in [3.8, 4) is 0 Å². The van der Waals surface area contributed by atoms with Crippen molar-refractivity contribution in [3.05, 3.63) is 69.6 Å². The van der Waals surface area contributed by atoms with Crippen molar-refractivity contribution in [2.24, 2.45) is 0 Å². The Balaban J connectivity index is 2.29. The average molecular weight is 386 g/mol. The number of halogens is 2. The Morgan fingerprint density at radius 2 is 1.25 bits per heavy atom. The maximum atomic E-state index is 3.71. The molecule has 0 bridgehead atoms. The van der Waals surface area contributed by atoms with E-state index in [9.17, 15) is 0 Å². The van der Waals surface area contributed by atoms with E-state index >= 15 is 0 Å². The van der Waals surface area contributed by atoms with Crippen molar-refractivity contribution >= 4 is 64.2 Å². The summed E-state index contributed by atoms with van der Waals surface area (Å²) in [6, 6.07) is 21.6. The van der Waals surface area contributed by atoms with Crippen LogP contribution in [0.1, 0.15) is 0 Å². The molecule has 0 aliphatic carbocycles. The van der Waals surface area contributed by atoms with E-state index < -0.39 is 0 Å². The lowest BCUT2D eigenvalue weighted by atomic mass is 9.97. The summed E-state index contributed by atoms with van der Waals surface area (Å²) in [6.45, 7) is 0. The quantitative estimate of drug-likeness (QED) is 0.296. The molecule has 96 valence electrons. The zero-order chi connectivity index (χ0) is 13.7. The molecule has 0 nitrogen and oxygen atoms in total. The zero-order valence-corrected chi connectivity index (χ0v) is 13.7. The molecule has 0 aliphatic heterocycles. The van der Waals surface area contributed by atoms with Crippen molar-refractivity contribution in [2.45, 2.75) is 0 Å². The lowest BCUT2D eigenvalue weighted by molar-refractivity contribution is 1.72. The molecule has 0 heterocycles. The first-order valence-corrected chi connectivity index (χ1v) is 8.02. The van der Waals surface area contributed by atoms with Crippen molar-refractivity contribution in [1.29, 1.82) is 0 Å². The first-order valence-electron chi connectivity index (χ1n) is 6.43. The highest BCUT2D eigenvalue weighted by atomic mass is 79.9. The van der Waals surface area contributed by atoms with Gasteiger partial charge in [0.2, 0.25) is 0 Å². The smallest absolute Gasteiger partial charge is 0.0260 e. The van der Waals surface area contributed by atoms with Gasteiger partial charge in [-0.3, -0.25) is 0 Å². The molecule has 0 aromatic heterocycles. The largest absolute Gasteiger partial charge is 0.0616 e. The molecule has 0 atom stereocenters. The van der Waals surface area contributed by atoms with Gasteiger partial charge in [0.15, 0.2) is 0 Å². The van der Waals surface area contributed by atoms with Crippen molar-refractivity contribution in [3.63, 3.8) is 0 Å². The van der Waals surface area contributed by atoms with Crippen LogP contribution in [0, 0.1) is 0 Å². The zero-order valence-electron chi connectivity index (χ0n) is 10.5. The highest BCUT2D eigenvalue weighted by Gasteiger charge is 2.07. The minimum absolute atomic E-state index is 1.12. The Kier molecular flexibility index (Phi) is 2.83. The fraction of sp³-hybridized carbons (Fsp3) is 0. The van der Waals surface area contributed by atoms with E-state index in [4.69, 9.17) is 0 Å². The molecule has 0 spiro atoms. The topological polar surface area (TPSA) is 0 Å². The van der Waals surface area contributed by atoms with E-state index in [0.717, 1.165) is 8.95 Å². The Hall–Kier alpha value is -1.38. The highest BCUT2D eigenvalue weighted by Crippen LogP contribution is 2.36. The van der Waals surface area contributed by atoms with Crippen LogP contribution in [0.2, 0.25) is 0 Å². The van der Waals surface area contributed by atoms with Gasteiger partial charge in [-0.15, -0.1) is 0 Å². The summed E-state index contributed by atoms with van der Waals surface area (Å²) in [5.74, 6) is 0. The summed E-state index contributed by atoms with van der Waals surface area (Å²) in [6.07, 6.45) is 0. The number of benzene rings is 4. The first-order chi connectivity index (χ1) is 9.74. The summed E-state index contributed by atoms with van der Waals surface area (Å²) in [7, 11) is 0. The van der Waals surface area contributed by atoms with E-state index in [2.05, 4.69) is 92.5 Å². The van der Waals surface area contributed by atoms with E-state index in [1.54, 1.807) is 0 Å². The van der Waals surface area contributed by atoms with Crippen LogP contribution in [0.3, 0.4) is 0 Å². The third-order valence-corrected chi connectivity index (χ3v) is 4.92. The lowest BCUT2D eigenvalue weighted by Crippen LogP contribution is -1.82. The van der Waals surface area contributed by atoms with E-state index in [0.29, 0.717) is 0 Å². The van der Waals surface area contributed by atoms with E-state index in [1.807, 2.05) is 0 Å². The van der Waals surface area contributed by atoms with Gasteiger partial charge in [-0.25, -0.2) is 0 Å². The van der Waals surface area contributed by atoms with Crippen LogP contribution >= 0.6 is 31.9 Å². The summed E-state index contributed by atoms with van der Waals surface area (Å²) in [4.78, 5) is 0. The van der Waals surface area contributed by atoms with Gasteiger partial charge in [0.25, 0.3) is 0 Å². The van der Waals surface area contributed by atoms with Crippen LogP contribution in [0.25, 0.3) is 32.3 Å². The summed E-state index contributed by atoms with van der Waals surface area (Å²) < 4.78 is 2.26. The number of rotatable bonds is 0. The molecule has 0 N–H and O–H groups in total. The van der Waals surface area contributed by atoms with Crippen molar-refractivity contribution < 1.29 is 0 Å². The number of hydrogen-bond acceptors (Lipinski definition) is 0. The molecular weight excluding hydrogens is 376 g/mol. The predicted molar refractivity (Wildman–Crippen MR) is 94.4 cm³/mol. The van der Waals surface area contributed by atoms with Crippen molar-refractivity contribution in [1.82, 2.24) is 0 Å². The molecule has 0 saturated carbocycles. The van der Waals surface area contributed by atoms with Crippen LogP contribution < -0.4 is 0 Å². The second-order valence-electron chi connectivity index (χ2n) is 4.93. The number of hydrogen-bond donors (Lipinski definition) is 0. The maximum absolute atomic E-state index is 3.71. The molecule has 0 unspecified atom stereocenters. The maximum Gasteiger partial charge on any atom is 0.0260 e. The fourth-order valence-corrected chi connectivity index (χ4v) is 3.80. The highest BCUT2D eigenvalue weighted by molar-refractivity contribution is 9.11. The van der Waals surface area contributed by atoms with Gasteiger partial charge in [-0.2, -0.15) is 0 Å². The second-order valence-corrected chi connectivity index (χ2v) is 6.70. The Labute approximate surface area is 133 Å². The van der Waals surface area contributed by atoms with Gasteiger partial charge in [0, 0.05) is 8.95 Å². The third-order valence-electron chi connectivity index (χ3n) is 3.77. The Morgan fingerprint density at radius 1 is 0.550 bits per heavy atom. The summed E-state index contributed by atoms with van der Waals surface area (Å²) >= 11 is 7.25. The monoisotopic (exact) mass is 384 g/mol. The molecule has 0 amide bonds. The lowest BCUT2D eigenvalue weighted by Gasteiger charge is -2.09. The van der Waals surface area contributed by atoms with Gasteiger partial charge in [0.1, 0.15) is 0 Å². The van der Waals surface area contributed by atoms with Crippen LogP contribution in [-0.2, 0) is 0 Å². The summed E-state index contributed by atoms with van der Waals surface area (Å²) in [5, 5.41) is 7.70. The Morgan fingerprint density at radius 3 is 2.10 bits per heavy atom. The molecule has 20 heavy (non-hydrogen) atoms. The SMILES string of the molecule is Brc1ccc2c(ccc3c4ccccc4c(Br)cc23)c1. The molecule has 2 heteroatoms. The fourth-order valence-electron chi connectivity index (χ4n) is 2.85. The van der Waals surface area contributed by atoms with Gasteiger partial charge in [-0.1, -0.05) is 74.3 Å². The molecule has 4 aromatic carbocycles. The molecule has 4 rings (SSSR count). The predicted octanol–water partition coefficient (Wildman–Crippen LogP) is 6.67. The molecule has 4 aromatic rings. The third kappa shape index (κ3) is 1.79. The van der Waals surface area contributed by atoms with Gasteiger partial charge in [-0.05, 0) is 50.5 Å². The molecular formula is C18H10Br2. The molecule has 0 radical (unpaired) electrons. The second kappa shape index (κ2) is 4.57. The van der Waals surface area contributed by atoms with Crippen LogP contribution in [0.15, 0.2) is 69.6 Å². The van der Waals surface area contributed by atoms with Crippen LogP contribution in [0.4, 0.5) is 0 Å². The average Bonchev–Trinajstić information content (AvgIpc) is 2.47. The van der Waals surface area contributed by atoms with Gasteiger partial charge >= 0.3 is 0 Å². The minimum Gasteiger partial charge on any atom is -0.0616 e. The first kappa shape index (κ1) is 12.4. The minimum atomic E-state index is 1.12. The van der Waals surface area contributed by atoms with E-state index in [-0.39, 0.29) is 0 Å². The van der Waals surface area contributed by atoms with Crippen LogP contribution in [-0.4, -0.2) is 0 Å².